The Morgan fingerprint density at radius 2 is 2.12 bits per heavy atom. The Labute approximate surface area is 152 Å². The molecule has 4 rings (SSSR count). The lowest BCUT2D eigenvalue weighted by atomic mass is 9.98. The number of carbonyl (C=O) groups excluding carboxylic acids is 1. The molecule has 1 aliphatic heterocycles. The molecule has 3 heterocycles. The molecule has 0 N–H and O–H groups in total. The van der Waals surface area contributed by atoms with Crippen molar-refractivity contribution in [3.63, 3.8) is 0 Å². The standard InChI is InChI=1S/C20H21N5O/c1-13-5-4-6-16-17(13)11-25(20(16)26)18-10-15(7-8-21-18)14(2)9-19-23-22-12-24(19)3/h4-8,10,12,14H,9,11H2,1-3H3/t14-/m0/s1. The summed E-state index contributed by atoms with van der Waals surface area (Å²) >= 11 is 0. The molecule has 1 atom stereocenters. The fourth-order valence-corrected chi connectivity index (χ4v) is 3.44. The van der Waals surface area contributed by atoms with Gasteiger partial charge in [0.15, 0.2) is 0 Å². The summed E-state index contributed by atoms with van der Waals surface area (Å²) in [5, 5.41) is 8.10. The number of nitrogens with zero attached hydrogens (tertiary/aromatic N) is 5. The summed E-state index contributed by atoms with van der Waals surface area (Å²) in [6, 6.07) is 9.89. The maximum atomic E-state index is 12.8. The number of amides is 1. The number of pyridine rings is 1. The first-order valence-corrected chi connectivity index (χ1v) is 8.73. The molecule has 6 nitrogen and oxygen atoms in total. The molecule has 132 valence electrons. The smallest absolute Gasteiger partial charge is 0.260 e. The van der Waals surface area contributed by atoms with E-state index in [-0.39, 0.29) is 11.8 Å². The van der Waals surface area contributed by atoms with Crippen LogP contribution in [-0.2, 0) is 20.0 Å². The van der Waals surface area contributed by atoms with Crippen molar-refractivity contribution in [1.29, 1.82) is 0 Å². The minimum Gasteiger partial charge on any atom is -0.321 e. The molecule has 1 amide bonds. The third-order valence-electron chi connectivity index (χ3n) is 5.11. The largest absolute Gasteiger partial charge is 0.321 e. The van der Waals surface area contributed by atoms with Crippen LogP contribution in [0.3, 0.4) is 0 Å². The third kappa shape index (κ3) is 2.77. The van der Waals surface area contributed by atoms with E-state index in [1.54, 1.807) is 17.4 Å². The Bertz CT molecular complexity index is 978. The summed E-state index contributed by atoms with van der Waals surface area (Å²) in [6.07, 6.45) is 4.27. The summed E-state index contributed by atoms with van der Waals surface area (Å²) < 4.78 is 1.93. The van der Waals surface area contributed by atoms with Crippen molar-refractivity contribution < 1.29 is 4.79 Å². The SMILES string of the molecule is Cc1cccc2c1CN(c1cc([C@@H](C)Cc3nncn3C)ccn1)C2=O. The summed E-state index contributed by atoms with van der Waals surface area (Å²) in [7, 11) is 1.95. The predicted octanol–water partition coefficient (Wildman–Crippen LogP) is 3.03. The van der Waals surface area contributed by atoms with Gasteiger partial charge in [-0.3, -0.25) is 9.69 Å². The molecule has 6 heteroatoms. The average Bonchev–Trinajstić information content (AvgIpc) is 3.20. The van der Waals surface area contributed by atoms with Crippen LogP contribution in [0.1, 0.15) is 45.7 Å². The van der Waals surface area contributed by atoms with Gasteiger partial charge in [0.25, 0.3) is 5.91 Å². The number of hydrogen-bond donors (Lipinski definition) is 0. The molecule has 0 radical (unpaired) electrons. The normalized spacial score (nSPS) is 14.6. The molecular formula is C20H21N5O. The highest BCUT2D eigenvalue weighted by Gasteiger charge is 2.30. The zero-order valence-electron chi connectivity index (χ0n) is 15.2. The molecule has 1 aliphatic rings. The quantitative estimate of drug-likeness (QED) is 0.728. The van der Waals surface area contributed by atoms with Crippen molar-refractivity contribution in [2.24, 2.45) is 7.05 Å². The van der Waals surface area contributed by atoms with E-state index in [2.05, 4.69) is 22.1 Å². The zero-order valence-corrected chi connectivity index (χ0v) is 15.2. The fourth-order valence-electron chi connectivity index (χ4n) is 3.44. The van der Waals surface area contributed by atoms with Crippen LogP contribution in [0, 0.1) is 6.92 Å². The van der Waals surface area contributed by atoms with Crippen molar-refractivity contribution in [3.8, 4) is 0 Å². The van der Waals surface area contributed by atoms with Crippen LogP contribution >= 0.6 is 0 Å². The predicted molar refractivity (Wildman–Crippen MR) is 99.1 cm³/mol. The van der Waals surface area contributed by atoms with Gasteiger partial charge in [0, 0.05) is 25.2 Å². The van der Waals surface area contributed by atoms with Crippen molar-refractivity contribution in [2.75, 3.05) is 4.90 Å². The number of aromatic nitrogens is 4. The number of hydrogen-bond acceptors (Lipinski definition) is 4. The van der Waals surface area contributed by atoms with Crippen LogP contribution in [0.25, 0.3) is 0 Å². The van der Waals surface area contributed by atoms with Gasteiger partial charge in [0.2, 0.25) is 0 Å². The Morgan fingerprint density at radius 1 is 1.27 bits per heavy atom. The first-order valence-electron chi connectivity index (χ1n) is 8.73. The van der Waals surface area contributed by atoms with Gasteiger partial charge in [-0.05, 0) is 47.7 Å². The van der Waals surface area contributed by atoms with Gasteiger partial charge < -0.3 is 4.57 Å². The molecule has 26 heavy (non-hydrogen) atoms. The number of anilines is 1. The van der Waals surface area contributed by atoms with E-state index < -0.39 is 0 Å². The fraction of sp³-hybridized carbons (Fsp3) is 0.300. The van der Waals surface area contributed by atoms with Gasteiger partial charge in [-0.2, -0.15) is 0 Å². The molecule has 0 saturated heterocycles. The maximum absolute atomic E-state index is 12.8. The molecule has 0 spiro atoms. The summed E-state index contributed by atoms with van der Waals surface area (Å²) in [5.41, 5.74) is 4.16. The molecule has 2 aromatic heterocycles. The van der Waals surface area contributed by atoms with Crippen molar-refractivity contribution >= 4 is 11.7 Å². The zero-order chi connectivity index (χ0) is 18.3. The molecule has 1 aromatic carbocycles. The van der Waals surface area contributed by atoms with Gasteiger partial charge in [-0.1, -0.05) is 19.1 Å². The first kappa shape index (κ1) is 16.4. The van der Waals surface area contributed by atoms with Gasteiger partial charge in [0.05, 0.1) is 6.54 Å². The van der Waals surface area contributed by atoms with E-state index in [1.165, 1.54) is 0 Å². The molecule has 0 unspecified atom stereocenters. The molecule has 3 aromatic rings. The minimum atomic E-state index is 0.0225. The lowest BCUT2D eigenvalue weighted by Crippen LogP contribution is -2.24. The average molecular weight is 347 g/mol. The molecule has 0 fully saturated rings. The van der Waals surface area contributed by atoms with E-state index in [0.29, 0.717) is 12.4 Å². The molecular weight excluding hydrogens is 326 g/mol. The van der Waals surface area contributed by atoms with Crippen molar-refractivity contribution in [2.45, 2.75) is 32.7 Å². The van der Waals surface area contributed by atoms with Crippen LogP contribution in [-0.4, -0.2) is 25.7 Å². The number of fused-ring (bicyclic) bond motifs is 1. The monoisotopic (exact) mass is 347 g/mol. The van der Waals surface area contributed by atoms with Gasteiger partial charge in [-0.25, -0.2) is 4.98 Å². The highest BCUT2D eigenvalue weighted by atomic mass is 16.2. The van der Waals surface area contributed by atoms with Gasteiger partial charge in [0.1, 0.15) is 18.0 Å². The van der Waals surface area contributed by atoms with Crippen molar-refractivity contribution in [1.82, 2.24) is 19.7 Å². The highest BCUT2D eigenvalue weighted by molar-refractivity contribution is 6.09. The van der Waals surface area contributed by atoms with Crippen molar-refractivity contribution in [3.05, 3.63) is 70.9 Å². The summed E-state index contributed by atoms with van der Waals surface area (Å²) in [5.74, 6) is 1.92. The second-order valence-corrected chi connectivity index (χ2v) is 6.90. The Balaban J connectivity index is 1.60. The summed E-state index contributed by atoms with van der Waals surface area (Å²) in [4.78, 5) is 19.0. The lowest BCUT2D eigenvalue weighted by Gasteiger charge is -2.17. The van der Waals surface area contributed by atoms with E-state index in [4.69, 9.17) is 0 Å². The minimum absolute atomic E-state index is 0.0225. The topological polar surface area (TPSA) is 63.9 Å². The molecule has 0 bridgehead atoms. The van der Waals surface area contributed by atoms with Crippen LogP contribution < -0.4 is 4.90 Å². The van der Waals surface area contributed by atoms with Crippen LogP contribution in [0.5, 0.6) is 0 Å². The number of rotatable bonds is 4. The Hall–Kier alpha value is -3.02. The van der Waals surface area contributed by atoms with E-state index in [9.17, 15) is 4.79 Å². The Kier molecular flexibility index (Phi) is 4.03. The number of carbonyl (C=O) groups is 1. The van der Waals surface area contributed by atoms with Crippen LogP contribution in [0.15, 0.2) is 42.9 Å². The van der Waals surface area contributed by atoms with Crippen LogP contribution in [0.2, 0.25) is 0 Å². The molecule has 0 saturated carbocycles. The maximum Gasteiger partial charge on any atom is 0.260 e. The lowest BCUT2D eigenvalue weighted by molar-refractivity contribution is 0.0996. The van der Waals surface area contributed by atoms with Gasteiger partial charge >= 0.3 is 0 Å². The highest BCUT2D eigenvalue weighted by Crippen LogP contribution is 2.30. The van der Waals surface area contributed by atoms with E-state index in [1.807, 2.05) is 48.9 Å². The van der Waals surface area contributed by atoms with E-state index >= 15 is 0 Å². The number of aryl methyl sites for hydroxylation is 2. The Morgan fingerprint density at radius 3 is 2.85 bits per heavy atom. The third-order valence-corrected chi connectivity index (χ3v) is 5.11. The first-order chi connectivity index (χ1) is 12.5. The van der Waals surface area contributed by atoms with Crippen LogP contribution in [0.4, 0.5) is 5.82 Å². The van der Waals surface area contributed by atoms with E-state index in [0.717, 1.165) is 34.5 Å². The van der Waals surface area contributed by atoms with Gasteiger partial charge in [-0.15, -0.1) is 10.2 Å². The summed E-state index contributed by atoms with van der Waals surface area (Å²) in [6.45, 7) is 4.77. The second kappa shape index (κ2) is 6.37. The molecule has 0 aliphatic carbocycles. The number of benzene rings is 1. The second-order valence-electron chi connectivity index (χ2n) is 6.90.